The van der Waals surface area contributed by atoms with Crippen molar-refractivity contribution in [1.29, 1.82) is 0 Å². The zero-order chi connectivity index (χ0) is 6.69. The number of rotatable bonds is 2. The summed E-state index contributed by atoms with van der Waals surface area (Å²) in [5.74, 6) is 0. The van der Waals surface area contributed by atoms with Crippen LogP contribution < -0.4 is 5.73 Å². The van der Waals surface area contributed by atoms with Crippen LogP contribution >= 0.6 is 11.3 Å². The molecule has 1 nitrogen and oxygen atoms in total. The second kappa shape index (κ2) is 2.99. The zero-order valence-corrected chi connectivity index (χ0v) is 6.32. The first-order valence-corrected chi connectivity index (χ1v) is 4.00. The summed E-state index contributed by atoms with van der Waals surface area (Å²) in [6.07, 6.45) is 1.00. The average molecular weight is 141 g/mol. The van der Waals surface area contributed by atoms with Gasteiger partial charge in [-0.15, -0.1) is 0 Å². The Labute approximate surface area is 59.5 Å². The van der Waals surface area contributed by atoms with Gasteiger partial charge in [-0.25, -0.2) is 0 Å². The van der Waals surface area contributed by atoms with Crippen LogP contribution in [0, 0.1) is 0 Å². The molecule has 2 heteroatoms. The topological polar surface area (TPSA) is 26.0 Å². The highest BCUT2D eigenvalue weighted by Crippen LogP contribution is 2.07. The molecule has 0 saturated heterocycles. The number of hydrogen-bond acceptors (Lipinski definition) is 2. The highest BCUT2D eigenvalue weighted by Gasteiger charge is 1.95. The Balaban J connectivity index is 2.48. The lowest BCUT2D eigenvalue weighted by molar-refractivity contribution is 0.740. The average Bonchev–Trinajstić information content (AvgIpc) is 2.15. The van der Waals surface area contributed by atoms with E-state index in [0.717, 1.165) is 6.42 Å². The lowest BCUT2D eigenvalue weighted by atomic mass is 10.1. The van der Waals surface area contributed by atoms with Gasteiger partial charge in [-0.2, -0.15) is 11.3 Å². The smallest absolute Gasteiger partial charge is 0.00512 e. The van der Waals surface area contributed by atoms with Crippen LogP contribution in [0.2, 0.25) is 0 Å². The van der Waals surface area contributed by atoms with Gasteiger partial charge in [0.15, 0.2) is 0 Å². The summed E-state index contributed by atoms with van der Waals surface area (Å²) in [6.45, 7) is 2.03. The van der Waals surface area contributed by atoms with Gasteiger partial charge in [-0.05, 0) is 35.7 Å². The molecule has 0 bridgehead atoms. The minimum Gasteiger partial charge on any atom is -0.328 e. The van der Waals surface area contributed by atoms with Gasteiger partial charge in [-0.3, -0.25) is 0 Å². The molecular weight excluding hydrogens is 130 g/mol. The Kier molecular flexibility index (Phi) is 2.25. The Bertz CT molecular complexity index is 155. The van der Waals surface area contributed by atoms with Crippen molar-refractivity contribution in [1.82, 2.24) is 0 Å². The van der Waals surface area contributed by atoms with Crippen molar-refractivity contribution < 1.29 is 0 Å². The van der Waals surface area contributed by atoms with Crippen LogP contribution in [-0.4, -0.2) is 6.04 Å². The largest absolute Gasteiger partial charge is 0.328 e. The fraction of sp³-hybridized carbons (Fsp3) is 0.429. The quantitative estimate of drug-likeness (QED) is 0.665. The summed E-state index contributed by atoms with van der Waals surface area (Å²) in [5.41, 5.74) is 6.94. The molecule has 0 aliphatic carbocycles. The lowest BCUT2D eigenvalue weighted by Crippen LogP contribution is -2.17. The van der Waals surface area contributed by atoms with Crippen LogP contribution in [-0.2, 0) is 6.42 Å². The third kappa shape index (κ3) is 2.16. The normalized spacial score (nSPS) is 13.6. The minimum atomic E-state index is 0.291. The van der Waals surface area contributed by atoms with E-state index in [1.54, 1.807) is 11.3 Å². The fourth-order valence-electron chi connectivity index (χ4n) is 0.781. The molecule has 0 aromatic carbocycles. The molecule has 0 amide bonds. The molecule has 50 valence electrons. The SMILES string of the molecule is CC(N)Cc1ccsc1. The zero-order valence-electron chi connectivity index (χ0n) is 5.50. The second-order valence-electron chi connectivity index (χ2n) is 2.31. The maximum atomic E-state index is 5.59. The van der Waals surface area contributed by atoms with Gasteiger partial charge in [0, 0.05) is 6.04 Å². The van der Waals surface area contributed by atoms with Crippen LogP contribution in [0.25, 0.3) is 0 Å². The van der Waals surface area contributed by atoms with E-state index in [1.807, 2.05) is 6.92 Å². The molecule has 1 unspecified atom stereocenters. The molecule has 0 fully saturated rings. The molecule has 1 aromatic heterocycles. The lowest BCUT2D eigenvalue weighted by Gasteiger charge is -1.99. The van der Waals surface area contributed by atoms with Gasteiger partial charge in [0.05, 0.1) is 0 Å². The van der Waals surface area contributed by atoms with Crippen molar-refractivity contribution in [2.24, 2.45) is 5.73 Å². The molecular formula is C7H11NS. The first-order chi connectivity index (χ1) is 4.29. The molecule has 0 spiro atoms. The van der Waals surface area contributed by atoms with Crippen LogP contribution in [0.3, 0.4) is 0 Å². The van der Waals surface area contributed by atoms with Crippen LogP contribution in [0.15, 0.2) is 16.8 Å². The molecule has 0 aliphatic rings. The van der Waals surface area contributed by atoms with E-state index in [2.05, 4.69) is 16.8 Å². The monoisotopic (exact) mass is 141 g/mol. The minimum absolute atomic E-state index is 0.291. The Morgan fingerprint density at radius 1 is 1.78 bits per heavy atom. The van der Waals surface area contributed by atoms with Crippen molar-refractivity contribution in [3.8, 4) is 0 Å². The fourth-order valence-corrected chi connectivity index (χ4v) is 1.46. The molecule has 2 N–H and O–H groups in total. The third-order valence-corrected chi connectivity index (χ3v) is 1.87. The summed E-state index contributed by atoms with van der Waals surface area (Å²) in [5, 5.41) is 4.22. The van der Waals surface area contributed by atoms with Crippen molar-refractivity contribution >= 4 is 11.3 Å². The van der Waals surface area contributed by atoms with Crippen molar-refractivity contribution in [2.45, 2.75) is 19.4 Å². The standard InChI is InChI=1S/C7H11NS/c1-6(8)4-7-2-3-9-5-7/h2-3,5-6H,4,8H2,1H3. The predicted molar refractivity (Wildman–Crippen MR) is 41.7 cm³/mol. The molecule has 0 saturated carbocycles. The highest BCUT2D eigenvalue weighted by atomic mass is 32.1. The van der Waals surface area contributed by atoms with Gasteiger partial charge in [0.2, 0.25) is 0 Å². The van der Waals surface area contributed by atoms with Gasteiger partial charge in [-0.1, -0.05) is 0 Å². The molecule has 9 heavy (non-hydrogen) atoms. The van der Waals surface area contributed by atoms with E-state index < -0.39 is 0 Å². The van der Waals surface area contributed by atoms with Crippen LogP contribution in [0.5, 0.6) is 0 Å². The summed E-state index contributed by atoms with van der Waals surface area (Å²) in [4.78, 5) is 0. The van der Waals surface area contributed by atoms with E-state index >= 15 is 0 Å². The van der Waals surface area contributed by atoms with Crippen molar-refractivity contribution in [3.05, 3.63) is 22.4 Å². The van der Waals surface area contributed by atoms with E-state index in [-0.39, 0.29) is 0 Å². The van der Waals surface area contributed by atoms with Crippen molar-refractivity contribution in [2.75, 3.05) is 0 Å². The Hall–Kier alpha value is -0.340. The Morgan fingerprint density at radius 2 is 2.56 bits per heavy atom. The molecule has 1 aromatic rings. The predicted octanol–water partition coefficient (Wildman–Crippen LogP) is 1.64. The van der Waals surface area contributed by atoms with E-state index in [1.165, 1.54) is 5.56 Å². The van der Waals surface area contributed by atoms with Gasteiger partial charge < -0.3 is 5.73 Å². The van der Waals surface area contributed by atoms with E-state index in [9.17, 15) is 0 Å². The third-order valence-electron chi connectivity index (χ3n) is 1.14. The number of hydrogen-bond donors (Lipinski definition) is 1. The highest BCUT2D eigenvalue weighted by molar-refractivity contribution is 7.07. The summed E-state index contributed by atoms with van der Waals surface area (Å²) in [7, 11) is 0. The molecule has 1 heterocycles. The number of nitrogens with two attached hydrogens (primary N) is 1. The van der Waals surface area contributed by atoms with Gasteiger partial charge in [0.25, 0.3) is 0 Å². The number of thiophene rings is 1. The summed E-state index contributed by atoms with van der Waals surface area (Å²) in [6, 6.07) is 2.41. The Morgan fingerprint density at radius 3 is 3.00 bits per heavy atom. The first kappa shape index (κ1) is 6.78. The molecule has 1 atom stereocenters. The molecule has 0 radical (unpaired) electrons. The molecule has 1 rings (SSSR count). The van der Waals surface area contributed by atoms with Crippen molar-refractivity contribution in [3.63, 3.8) is 0 Å². The molecule has 0 aliphatic heterocycles. The first-order valence-electron chi connectivity index (χ1n) is 3.05. The summed E-state index contributed by atoms with van der Waals surface area (Å²) >= 11 is 1.73. The maximum Gasteiger partial charge on any atom is 0.00512 e. The maximum absolute atomic E-state index is 5.59. The van der Waals surface area contributed by atoms with Gasteiger partial charge in [0.1, 0.15) is 0 Å². The van der Waals surface area contributed by atoms with Crippen LogP contribution in [0.1, 0.15) is 12.5 Å². The van der Waals surface area contributed by atoms with Crippen LogP contribution in [0.4, 0.5) is 0 Å². The van der Waals surface area contributed by atoms with Gasteiger partial charge >= 0.3 is 0 Å². The van der Waals surface area contributed by atoms with E-state index in [4.69, 9.17) is 5.73 Å². The second-order valence-corrected chi connectivity index (χ2v) is 3.09. The van der Waals surface area contributed by atoms with E-state index in [0.29, 0.717) is 6.04 Å². The summed E-state index contributed by atoms with van der Waals surface area (Å²) < 4.78 is 0.